The standard InChI is InChI=1S/C18H17F2NO2/c1-23-15-5-6-16(17(20)10-15)18(22)21-8-7-13(11-21)12-3-2-4-14(19)9-12/h2-6,9-10,13H,7-8,11H2,1H3/t13-/m0/s1. The highest BCUT2D eigenvalue weighted by molar-refractivity contribution is 5.94. The van der Waals surface area contributed by atoms with Crippen molar-refractivity contribution in [2.75, 3.05) is 20.2 Å². The fourth-order valence-corrected chi connectivity index (χ4v) is 2.94. The van der Waals surface area contributed by atoms with Crippen LogP contribution in [0.3, 0.4) is 0 Å². The van der Waals surface area contributed by atoms with Gasteiger partial charge in [0, 0.05) is 25.1 Å². The minimum Gasteiger partial charge on any atom is -0.497 e. The molecule has 5 heteroatoms. The summed E-state index contributed by atoms with van der Waals surface area (Å²) in [5.74, 6) is -0.768. The number of halogens is 2. The largest absolute Gasteiger partial charge is 0.497 e. The molecule has 0 aliphatic carbocycles. The maximum Gasteiger partial charge on any atom is 0.256 e. The van der Waals surface area contributed by atoms with Gasteiger partial charge in [0.25, 0.3) is 5.91 Å². The van der Waals surface area contributed by atoms with Gasteiger partial charge >= 0.3 is 0 Å². The van der Waals surface area contributed by atoms with Crippen molar-refractivity contribution in [3.8, 4) is 5.75 Å². The van der Waals surface area contributed by atoms with Crippen molar-refractivity contribution >= 4 is 5.91 Å². The van der Waals surface area contributed by atoms with E-state index >= 15 is 0 Å². The molecule has 0 saturated carbocycles. The van der Waals surface area contributed by atoms with Crippen molar-refractivity contribution in [2.24, 2.45) is 0 Å². The van der Waals surface area contributed by atoms with Gasteiger partial charge in [-0.05, 0) is 36.2 Å². The lowest BCUT2D eigenvalue weighted by atomic mass is 9.98. The van der Waals surface area contributed by atoms with Crippen molar-refractivity contribution in [1.29, 1.82) is 0 Å². The van der Waals surface area contributed by atoms with Crippen molar-refractivity contribution in [1.82, 2.24) is 4.90 Å². The topological polar surface area (TPSA) is 29.5 Å². The molecule has 3 nitrogen and oxygen atoms in total. The van der Waals surface area contributed by atoms with Gasteiger partial charge in [0.05, 0.1) is 12.7 Å². The molecular weight excluding hydrogens is 300 g/mol. The minimum atomic E-state index is -0.594. The number of carbonyl (C=O) groups is 1. The molecule has 0 unspecified atom stereocenters. The molecule has 0 bridgehead atoms. The molecule has 1 atom stereocenters. The molecule has 0 spiro atoms. The Kier molecular flexibility index (Phi) is 4.28. The van der Waals surface area contributed by atoms with E-state index in [1.165, 1.54) is 31.4 Å². The van der Waals surface area contributed by atoms with E-state index in [1.54, 1.807) is 17.0 Å². The summed E-state index contributed by atoms with van der Waals surface area (Å²) >= 11 is 0. The van der Waals surface area contributed by atoms with Crippen LogP contribution in [-0.4, -0.2) is 31.0 Å². The number of methoxy groups -OCH3 is 1. The van der Waals surface area contributed by atoms with Gasteiger partial charge in [-0.15, -0.1) is 0 Å². The van der Waals surface area contributed by atoms with E-state index in [2.05, 4.69) is 0 Å². The summed E-state index contributed by atoms with van der Waals surface area (Å²) in [6.45, 7) is 0.999. The van der Waals surface area contributed by atoms with Crippen molar-refractivity contribution in [3.05, 3.63) is 65.2 Å². The highest BCUT2D eigenvalue weighted by atomic mass is 19.1. The van der Waals surface area contributed by atoms with Crippen LogP contribution < -0.4 is 4.74 Å². The summed E-state index contributed by atoms with van der Waals surface area (Å²) in [5, 5.41) is 0. The first-order valence-corrected chi connectivity index (χ1v) is 7.47. The number of carbonyl (C=O) groups excluding carboxylic acids is 1. The molecule has 0 radical (unpaired) electrons. The van der Waals surface area contributed by atoms with Gasteiger partial charge in [-0.25, -0.2) is 8.78 Å². The number of hydrogen-bond acceptors (Lipinski definition) is 2. The number of ether oxygens (including phenoxy) is 1. The molecule has 0 aromatic heterocycles. The fourth-order valence-electron chi connectivity index (χ4n) is 2.94. The van der Waals surface area contributed by atoms with Crippen molar-refractivity contribution < 1.29 is 18.3 Å². The Labute approximate surface area is 133 Å². The molecule has 2 aromatic carbocycles. The number of hydrogen-bond donors (Lipinski definition) is 0. The van der Waals surface area contributed by atoms with Crippen LogP contribution in [0.5, 0.6) is 5.75 Å². The number of amides is 1. The Morgan fingerprint density at radius 3 is 2.74 bits per heavy atom. The first-order valence-electron chi connectivity index (χ1n) is 7.47. The average molecular weight is 317 g/mol. The Balaban J connectivity index is 1.75. The van der Waals surface area contributed by atoms with Gasteiger partial charge in [0.15, 0.2) is 0 Å². The van der Waals surface area contributed by atoms with Crippen LogP contribution in [0.2, 0.25) is 0 Å². The summed E-state index contributed by atoms with van der Waals surface area (Å²) in [6.07, 6.45) is 0.743. The van der Waals surface area contributed by atoms with Crippen LogP contribution in [0.4, 0.5) is 8.78 Å². The lowest BCUT2D eigenvalue weighted by molar-refractivity contribution is 0.0786. The molecule has 1 amide bonds. The molecule has 23 heavy (non-hydrogen) atoms. The van der Waals surface area contributed by atoms with E-state index in [0.717, 1.165) is 12.0 Å². The summed E-state index contributed by atoms with van der Waals surface area (Å²) in [5.41, 5.74) is 0.904. The van der Waals surface area contributed by atoms with Crippen LogP contribution in [-0.2, 0) is 0 Å². The van der Waals surface area contributed by atoms with Crippen molar-refractivity contribution in [3.63, 3.8) is 0 Å². The van der Waals surface area contributed by atoms with Gasteiger partial charge in [-0.2, -0.15) is 0 Å². The van der Waals surface area contributed by atoms with E-state index in [9.17, 15) is 13.6 Å². The van der Waals surface area contributed by atoms with E-state index in [0.29, 0.717) is 18.8 Å². The molecular formula is C18H17F2NO2. The van der Waals surface area contributed by atoms with E-state index < -0.39 is 5.82 Å². The molecule has 0 N–H and O–H groups in total. The Morgan fingerprint density at radius 1 is 1.22 bits per heavy atom. The van der Waals surface area contributed by atoms with Gasteiger partial charge in [0.1, 0.15) is 17.4 Å². The molecule has 1 saturated heterocycles. The number of rotatable bonds is 3. The number of benzene rings is 2. The third-order valence-corrected chi connectivity index (χ3v) is 4.20. The maximum absolute atomic E-state index is 14.0. The van der Waals surface area contributed by atoms with E-state index in [1.807, 2.05) is 6.07 Å². The van der Waals surface area contributed by atoms with Crippen LogP contribution in [0.25, 0.3) is 0 Å². The van der Waals surface area contributed by atoms with Gasteiger partial charge in [-0.1, -0.05) is 12.1 Å². The lowest BCUT2D eigenvalue weighted by Crippen LogP contribution is -2.29. The van der Waals surface area contributed by atoms with Crippen LogP contribution in [0.15, 0.2) is 42.5 Å². The molecule has 2 aromatic rings. The monoisotopic (exact) mass is 317 g/mol. The lowest BCUT2D eigenvalue weighted by Gasteiger charge is -2.17. The second-order valence-electron chi connectivity index (χ2n) is 5.64. The summed E-state index contributed by atoms with van der Waals surface area (Å²) in [6, 6.07) is 10.6. The van der Waals surface area contributed by atoms with Crippen LogP contribution >= 0.6 is 0 Å². The molecule has 120 valence electrons. The summed E-state index contributed by atoms with van der Waals surface area (Å²) in [4.78, 5) is 14.1. The second kappa shape index (κ2) is 6.36. The molecule has 1 aliphatic heterocycles. The predicted molar refractivity (Wildman–Crippen MR) is 82.6 cm³/mol. The van der Waals surface area contributed by atoms with Crippen LogP contribution in [0.1, 0.15) is 28.3 Å². The fraction of sp³-hybridized carbons (Fsp3) is 0.278. The average Bonchev–Trinajstić information content (AvgIpc) is 3.04. The van der Waals surface area contributed by atoms with Gasteiger partial charge < -0.3 is 9.64 Å². The first-order chi connectivity index (χ1) is 11.1. The quantitative estimate of drug-likeness (QED) is 0.865. The highest BCUT2D eigenvalue weighted by Gasteiger charge is 2.29. The number of nitrogens with zero attached hydrogens (tertiary/aromatic N) is 1. The zero-order valence-electron chi connectivity index (χ0n) is 12.8. The smallest absolute Gasteiger partial charge is 0.256 e. The summed E-state index contributed by atoms with van der Waals surface area (Å²) < 4.78 is 32.3. The third kappa shape index (κ3) is 3.18. The molecule has 3 rings (SSSR count). The Bertz CT molecular complexity index is 733. The van der Waals surface area contributed by atoms with Crippen LogP contribution in [0, 0.1) is 11.6 Å². The molecule has 1 fully saturated rings. The Morgan fingerprint density at radius 2 is 2.04 bits per heavy atom. The normalized spacial score (nSPS) is 17.3. The predicted octanol–water partition coefficient (Wildman–Crippen LogP) is 3.60. The molecule has 1 heterocycles. The molecule has 1 aliphatic rings. The Hall–Kier alpha value is -2.43. The summed E-state index contributed by atoms with van der Waals surface area (Å²) in [7, 11) is 1.44. The van der Waals surface area contributed by atoms with E-state index in [-0.39, 0.29) is 23.2 Å². The van der Waals surface area contributed by atoms with Gasteiger partial charge in [-0.3, -0.25) is 4.79 Å². The maximum atomic E-state index is 14.0. The SMILES string of the molecule is COc1ccc(C(=O)N2CC[C@H](c3cccc(F)c3)C2)c(F)c1. The van der Waals surface area contributed by atoms with E-state index in [4.69, 9.17) is 4.74 Å². The van der Waals surface area contributed by atoms with Crippen molar-refractivity contribution in [2.45, 2.75) is 12.3 Å². The minimum absolute atomic E-state index is 0.0330. The highest BCUT2D eigenvalue weighted by Crippen LogP contribution is 2.29. The zero-order valence-corrected chi connectivity index (χ0v) is 12.8. The third-order valence-electron chi connectivity index (χ3n) is 4.20. The zero-order chi connectivity index (χ0) is 16.4. The second-order valence-corrected chi connectivity index (χ2v) is 5.64. The first kappa shape index (κ1) is 15.5. The number of likely N-dealkylation sites (tertiary alicyclic amines) is 1. The van der Waals surface area contributed by atoms with Gasteiger partial charge in [0.2, 0.25) is 0 Å².